The van der Waals surface area contributed by atoms with Crippen molar-refractivity contribution in [1.82, 2.24) is 4.90 Å². The van der Waals surface area contributed by atoms with Crippen molar-refractivity contribution in [3.63, 3.8) is 0 Å². The molecule has 2 heterocycles. The molecule has 0 amide bonds. The molecule has 116 valence electrons. The molecule has 0 radical (unpaired) electrons. The molecular weight excluding hydrogens is 266 g/mol. The molecular formula is C17H25NO3. The number of hydrogen-bond donors (Lipinski definition) is 0. The summed E-state index contributed by atoms with van der Waals surface area (Å²) >= 11 is 0. The molecule has 0 spiro atoms. The molecule has 2 fully saturated rings. The number of rotatable bonds is 4. The normalized spacial score (nSPS) is 22.9. The van der Waals surface area contributed by atoms with E-state index in [1.165, 1.54) is 5.56 Å². The highest BCUT2D eigenvalue weighted by atomic mass is 16.5. The minimum atomic E-state index is 0.210. The van der Waals surface area contributed by atoms with Gasteiger partial charge in [-0.2, -0.15) is 0 Å². The zero-order valence-electron chi connectivity index (χ0n) is 12.8. The summed E-state index contributed by atoms with van der Waals surface area (Å²) in [6.45, 7) is 6.61. The summed E-state index contributed by atoms with van der Waals surface area (Å²) in [4.78, 5) is 2.54. The molecule has 2 aliphatic heterocycles. The molecule has 0 saturated carbocycles. The third-order valence-electron chi connectivity index (χ3n) is 4.78. The van der Waals surface area contributed by atoms with E-state index < -0.39 is 0 Å². The van der Waals surface area contributed by atoms with Crippen LogP contribution in [0.1, 0.15) is 18.4 Å². The second-order valence-electron chi connectivity index (χ2n) is 6.01. The quantitative estimate of drug-likeness (QED) is 0.850. The molecule has 0 aromatic heterocycles. The number of nitrogens with zero attached hydrogens (tertiary/aromatic N) is 1. The van der Waals surface area contributed by atoms with E-state index in [0.717, 1.165) is 64.7 Å². The predicted molar refractivity (Wildman–Crippen MR) is 82.0 cm³/mol. The van der Waals surface area contributed by atoms with Gasteiger partial charge >= 0.3 is 0 Å². The Kier molecular flexibility index (Phi) is 4.78. The van der Waals surface area contributed by atoms with E-state index in [2.05, 4.69) is 29.2 Å². The second kappa shape index (κ2) is 6.77. The first-order valence-electron chi connectivity index (χ1n) is 7.85. The first kappa shape index (κ1) is 14.8. The predicted octanol–water partition coefficient (Wildman–Crippen LogP) is 2.08. The highest BCUT2D eigenvalue weighted by Gasteiger charge is 2.36. The standard InChI is InChI=1S/C17H25NO3/c1-19-16-4-2-15(3-5-16)17(6-10-20-11-7-17)14-18-8-12-21-13-9-18/h2-5H,6-14H2,1H3. The van der Waals surface area contributed by atoms with Gasteiger partial charge in [0.2, 0.25) is 0 Å². The van der Waals surface area contributed by atoms with Crippen molar-refractivity contribution in [1.29, 1.82) is 0 Å². The molecule has 2 saturated heterocycles. The maximum atomic E-state index is 5.61. The lowest BCUT2D eigenvalue weighted by atomic mass is 9.73. The van der Waals surface area contributed by atoms with Crippen LogP contribution in [0.3, 0.4) is 0 Å². The van der Waals surface area contributed by atoms with Crippen molar-refractivity contribution in [2.24, 2.45) is 0 Å². The van der Waals surface area contributed by atoms with Crippen molar-refractivity contribution in [2.45, 2.75) is 18.3 Å². The summed E-state index contributed by atoms with van der Waals surface area (Å²) in [7, 11) is 1.72. The van der Waals surface area contributed by atoms with Crippen LogP contribution in [0, 0.1) is 0 Å². The van der Waals surface area contributed by atoms with Crippen LogP contribution in [0.4, 0.5) is 0 Å². The summed E-state index contributed by atoms with van der Waals surface area (Å²) in [6, 6.07) is 8.60. The molecule has 2 aliphatic rings. The molecule has 0 bridgehead atoms. The Balaban J connectivity index is 1.80. The Morgan fingerprint density at radius 1 is 1.00 bits per heavy atom. The Hall–Kier alpha value is -1.10. The second-order valence-corrected chi connectivity index (χ2v) is 6.01. The zero-order valence-corrected chi connectivity index (χ0v) is 12.8. The van der Waals surface area contributed by atoms with Gasteiger partial charge in [-0.1, -0.05) is 12.1 Å². The smallest absolute Gasteiger partial charge is 0.118 e. The Bertz CT molecular complexity index is 434. The highest BCUT2D eigenvalue weighted by molar-refractivity contribution is 5.33. The largest absolute Gasteiger partial charge is 0.497 e. The van der Waals surface area contributed by atoms with Gasteiger partial charge in [0.15, 0.2) is 0 Å². The van der Waals surface area contributed by atoms with E-state index in [4.69, 9.17) is 14.2 Å². The summed E-state index contributed by atoms with van der Waals surface area (Å²) in [5.41, 5.74) is 1.63. The van der Waals surface area contributed by atoms with Gasteiger partial charge in [0.25, 0.3) is 0 Å². The fourth-order valence-corrected chi connectivity index (χ4v) is 3.43. The van der Waals surface area contributed by atoms with E-state index in [0.29, 0.717) is 0 Å². The van der Waals surface area contributed by atoms with Gasteiger partial charge in [-0.15, -0.1) is 0 Å². The maximum Gasteiger partial charge on any atom is 0.118 e. The van der Waals surface area contributed by atoms with E-state index in [-0.39, 0.29) is 5.41 Å². The molecule has 3 rings (SSSR count). The van der Waals surface area contributed by atoms with Crippen molar-refractivity contribution < 1.29 is 14.2 Å². The van der Waals surface area contributed by atoms with Crippen LogP contribution < -0.4 is 4.74 Å². The van der Waals surface area contributed by atoms with Gasteiger partial charge in [-0.3, -0.25) is 4.90 Å². The fraction of sp³-hybridized carbons (Fsp3) is 0.647. The van der Waals surface area contributed by atoms with Crippen LogP contribution in [-0.2, 0) is 14.9 Å². The first-order chi connectivity index (χ1) is 10.3. The molecule has 0 aliphatic carbocycles. The van der Waals surface area contributed by atoms with Gasteiger partial charge < -0.3 is 14.2 Å². The van der Waals surface area contributed by atoms with Gasteiger partial charge in [0, 0.05) is 38.3 Å². The topological polar surface area (TPSA) is 30.9 Å². The summed E-state index contributed by atoms with van der Waals surface area (Å²) in [6.07, 6.45) is 2.19. The minimum Gasteiger partial charge on any atom is -0.497 e. The van der Waals surface area contributed by atoms with Crippen LogP contribution >= 0.6 is 0 Å². The van der Waals surface area contributed by atoms with Gasteiger partial charge in [0.05, 0.1) is 20.3 Å². The lowest BCUT2D eigenvalue weighted by Crippen LogP contribution is -2.48. The molecule has 4 nitrogen and oxygen atoms in total. The van der Waals surface area contributed by atoms with E-state index >= 15 is 0 Å². The number of ether oxygens (including phenoxy) is 3. The lowest BCUT2D eigenvalue weighted by Gasteiger charge is -2.42. The van der Waals surface area contributed by atoms with Crippen molar-refractivity contribution in [3.05, 3.63) is 29.8 Å². The van der Waals surface area contributed by atoms with Gasteiger partial charge in [-0.05, 0) is 30.5 Å². The number of morpholine rings is 1. The Morgan fingerprint density at radius 3 is 2.24 bits per heavy atom. The SMILES string of the molecule is COc1ccc(C2(CN3CCOCC3)CCOCC2)cc1. The summed E-state index contributed by atoms with van der Waals surface area (Å²) in [5.74, 6) is 0.923. The minimum absolute atomic E-state index is 0.210. The van der Waals surface area contributed by atoms with Crippen molar-refractivity contribution in [2.75, 3.05) is 53.2 Å². The van der Waals surface area contributed by atoms with Crippen LogP contribution in [-0.4, -0.2) is 58.1 Å². The van der Waals surface area contributed by atoms with Crippen LogP contribution in [0.5, 0.6) is 5.75 Å². The average molecular weight is 291 g/mol. The molecule has 21 heavy (non-hydrogen) atoms. The van der Waals surface area contributed by atoms with E-state index in [1.54, 1.807) is 7.11 Å². The van der Waals surface area contributed by atoms with Gasteiger partial charge in [0.1, 0.15) is 5.75 Å². The number of methoxy groups -OCH3 is 1. The maximum absolute atomic E-state index is 5.61. The van der Waals surface area contributed by atoms with Crippen LogP contribution in [0.25, 0.3) is 0 Å². The fourth-order valence-electron chi connectivity index (χ4n) is 3.43. The Labute approximate surface area is 127 Å². The third-order valence-corrected chi connectivity index (χ3v) is 4.78. The van der Waals surface area contributed by atoms with Gasteiger partial charge in [-0.25, -0.2) is 0 Å². The summed E-state index contributed by atoms with van der Waals surface area (Å²) in [5, 5.41) is 0. The van der Waals surface area contributed by atoms with Crippen molar-refractivity contribution in [3.8, 4) is 5.75 Å². The molecule has 0 N–H and O–H groups in total. The van der Waals surface area contributed by atoms with E-state index in [1.807, 2.05) is 0 Å². The van der Waals surface area contributed by atoms with Crippen LogP contribution in [0.2, 0.25) is 0 Å². The zero-order chi connectivity index (χ0) is 14.5. The third kappa shape index (κ3) is 3.39. The molecule has 4 heteroatoms. The average Bonchev–Trinajstić information content (AvgIpc) is 2.57. The molecule has 0 atom stereocenters. The molecule has 1 aromatic rings. The van der Waals surface area contributed by atoms with E-state index in [9.17, 15) is 0 Å². The number of hydrogen-bond acceptors (Lipinski definition) is 4. The highest BCUT2D eigenvalue weighted by Crippen LogP contribution is 2.36. The molecule has 0 unspecified atom stereocenters. The van der Waals surface area contributed by atoms with Crippen LogP contribution in [0.15, 0.2) is 24.3 Å². The molecule has 1 aromatic carbocycles. The monoisotopic (exact) mass is 291 g/mol. The number of benzene rings is 1. The first-order valence-corrected chi connectivity index (χ1v) is 7.85. The Morgan fingerprint density at radius 2 is 1.62 bits per heavy atom. The summed E-state index contributed by atoms with van der Waals surface area (Å²) < 4.78 is 16.4. The lowest BCUT2D eigenvalue weighted by molar-refractivity contribution is -0.00119. The van der Waals surface area contributed by atoms with Crippen molar-refractivity contribution >= 4 is 0 Å².